The molecule has 0 aromatic carbocycles. The first-order valence-electron chi connectivity index (χ1n) is 4.97. The van der Waals surface area contributed by atoms with Crippen molar-refractivity contribution in [1.29, 1.82) is 0 Å². The van der Waals surface area contributed by atoms with Crippen molar-refractivity contribution in [3.05, 3.63) is 28.5 Å². The lowest BCUT2D eigenvalue weighted by Crippen LogP contribution is -2.22. The van der Waals surface area contributed by atoms with Gasteiger partial charge >= 0.3 is 0 Å². The van der Waals surface area contributed by atoms with Crippen LogP contribution in [0.1, 0.15) is 12.0 Å². The van der Waals surface area contributed by atoms with Gasteiger partial charge in [0.15, 0.2) is 5.82 Å². The first-order valence-corrected chi connectivity index (χ1v) is 5.85. The highest BCUT2D eigenvalue weighted by Gasteiger charge is 2.25. The molecule has 0 unspecified atom stereocenters. The Morgan fingerprint density at radius 1 is 1.59 bits per heavy atom. The first-order chi connectivity index (χ1) is 8.25. The molecule has 1 aromatic rings. The molecular weight excluding hydrogens is 238 g/mol. The van der Waals surface area contributed by atoms with Crippen LogP contribution in [0.5, 0.6) is 0 Å². The number of fused-ring (bicyclic) bond motifs is 3. The normalized spacial score (nSPS) is 16.6. The number of carbonyl (C=O) groups excluding carboxylic acids is 1. The zero-order valence-electron chi connectivity index (χ0n) is 8.75. The summed E-state index contributed by atoms with van der Waals surface area (Å²) in [6.07, 6.45) is 3.50. The number of nitrogens with two attached hydrogens (primary N) is 1. The van der Waals surface area contributed by atoms with Gasteiger partial charge in [-0.1, -0.05) is 0 Å². The van der Waals surface area contributed by atoms with Crippen molar-refractivity contribution in [2.45, 2.75) is 6.42 Å². The van der Waals surface area contributed by atoms with Gasteiger partial charge in [-0.3, -0.25) is 20.1 Å². The SMILES string of the molecule is NC(=O)CC1=C2NN=CN2c2sccc2C=N1. The molecule has 3 rings (SSSR count). The Morgan fingerprint density at radius 3 is 3.29 bits per heavy atom. The minimum Gasteiger partial charge on any atom is -0.369 e. The second-order valence-corrected chi connectivity index (χ2v) is 4.50. The van der Waals surface area contributed by atoms with Crippen LogP contribution in [0.3, 0.4) is 0 Å². The number of amides is 1. The number of rotatable bonds is 2. The van der Waals surface area contributed by atoms with Crippen LogP contribution in [0.2, 0.25) is 0 Å². The molecule has 0 radical (unpaired) electrons. The topological polar surface area (TPSA) is 83.1 Å². The molecule has 7 heteroatoms. The maximum Gasteiger partial charge on any atom is 0.223 e. The molecule has 0 saturated carbocycles. The van der Waals surface area contributed by atoms with Gasteiger partial charge in [-0.15, -0.1) is 11.3 Å². The number of hydrazone groups is 1. The quantitative estimate of drug-likeness (QED) is 0.801. The fourth-order valence-corrected chi connectivity index (χ4v) is 2.58. The minimum absolute atomic E-state index is 0.0909. The molecule has 0 bridgehead atoms. The summed E-state index contributed by atoms with van der Waals surface area (Å²) in [5, 5.41) is 6.99. The average Bonchev–Trinajstić information content (AvgIpc) is 2.90. The van der Waals surface area contributed by atoms with Gasteiger partial charge in [0.2, 0.25) is 5.91 Å². The van der Waals surface area contributed by atoms with Gasteiger partial charge in [0.25, 0.3) is 0 Å². The Balaban J connectivity index is 2.09. The van der Waals surface area contributed by atoms with Gasteiger partial charge in [0.05, 0.1) is 12.1 Å². The van der Waals surface area contributed by atoms with E-state index in [1.54, 1.807) is 23.9 Å². The molecule has 0 spiro atoms. The molecule has 1 aromatic heterocycles. The number of nitrogens with one attached hydrogen (secondary N) is 1. The van der Waals surface area contributed by atoms with E-state index in [-0.39, 0.29) is 6.42 Å². The van der Waals surface area contributed by atoms with Crippen molar-refractivity contribution >= 4 is 34.8 Å². The molecule has 1 amide bonds. The zero-order chi connectivity index (χ0) is 11.8. The van der Waals surface area contributed by atoms with Crippen LogP contribution < -0.4 is 16.1 Å². The Morgan fingerprint density at radius 2 is 2.47 bits per heavy atom. The number of anilines is 1. The van der Waals surface area contributed by atoms with Crippen LogP contribution in [0.25, 0.3) is 0 Å². The van der Waals surface area contributed by atoms with E-state index in [1.165, 1.54) is 0 Å². The van der Waals surface area contributed by atoms with Gasteiger partial charge in [-0.2, -0.15) is 5.10 Å². The van der Waals surface area contributed by atoms with E-state index in [0.717, 1.165) is 10.6 Å². The number of aliphatic imine (C=N–C) groups is 1. The smallest absolute Gasteiger partial charge is 0.223 e. The number of hydrogen-bond donors (Lipinski definition) is 2. The summed E-state index contributed by atoms with van der Waals surface area (Å²) in [5.41, 5.74) is 9.65. The van der Waals surface area contributed by atoms with Crippen molar-refractivity contribution in [1.82, 2.24) is 5.43 Å². The lowest BCUT2D eigenvalue weighted by atomic mass is 10.3. The number of hydrogen-bond acceptors (Lipinski definition) is 6. The lowest BCUT2D eigenvalue weighted by molar-refractivity contribution is -0.117. The molecule has 3 heterocycles. The summed E-state index contributed by atoms with van der Waals surface area (Å²) in [4.78, 5) is 17.2. The Bertz CT molecular complexity index is 571. The Labute approximate surface area is 101 Å². The van der Waals surface area contributed by atoms with Gasteiger partial charge < -0.3 is 5.73 Å². The summed E-state index contributed by atoms with van der Waals surface area (Å²) in [6.45, 7) is 0. The van der Waals surface area contributed by atoms with Gasteiger partial charge in [0, 0.05) is 11.8 Å². The highest BCUT2D eigenvalue weighted by Crippen LogP contribution is 2.33. The maximum absolute atomic E-state index is 11.0. The van der Waals surface area contributed by atoms with Gasteiger partial charge in [-0.25, -0.2) is 0 Å². The molecule has 0 fully saturated rings. The van der Waals surface area contributed by atoms with Crippen molar-refractivity contribution in [3.8, 4) is 0 Å². The number of carbonyl (C=O) groups is 1. The largest absolute Gasteiger partial charge is 0.369 e. The zero-order valence-corrected chi connectivity index (χ0v) is 9.57. The van der Waals surface area contributed by atoms with E-state index >= 15 is 0 Å². The van der Waals surface area contributed by atoms with Crippen LogP contribution in [0.15, 0.2) is 33.1 Å². The van der Waals surface area contributed by atoms with Crippen LogP contribution in [0, 0.1) is 0 Å². The maximum atomic E-state index is 11.0. The Hall–Kier alpha value is -2.15. The molecule has 0 atom stereocenters. The predicted molar refractivity (Wildman–Crippen MR) is 66.9 cm³/mol. The highest BCUT2D eigenvalue weighted by atomic mass is 32.1. The molecular formula is C10H9N5OS. The van der Waals surface area contributed by atoms with E-state index < -0.39 is 5.91 Å². The van der Waals surface area contributed by atoms with E-state index in [1.807, 2.05) is 16.3 Å². The number of primary amides is 1. The third-order valence-corrected chi connectivity index (χ3v) is 3.38. The van der Waals surface area contributed by atoms with Crippen molar-refractivity contribution in [2.75, 3.05) is 4.90 Å². The van der Waals surface area contributed by atoms with Gasteiger partial charge in [-0.05, 0) is 11.4 Å². The third kappa shape index (κ3) is 1.60. The van der Waals surface area contributed by atoms with Crippen LogP contribution >= 0.6 is 11.3 Å². The van der Waals surface area contributed by atoms with Crippen LogP contribution in [0.4, 0.5) is 5.00 Å². The second kappa shape index (κ2) is 3.70. The molecule has 17 heavy (non-hydrogen) atoms. The molecule has 6 nitrogen and oxygen atoms in total. The second-order valence-electron chi connectivity index (χ2n) is 3.60. The molecule has 86 valence electrons. The number of thiophene rings is 1. The summed E-state index contributed by atoms with van der Waals surface area (Å²) in [6, 6.07) is 1.97. The standard InChI is InChI=1S/C10H9N5OS/c11-8(16)3-7-9-14-13-5-15(9)10-6(4-12-7)1-2-17-10/h1-2,4-5,14H,3H2,(H2,11,16). The molecule has 0 aliphatic carbocycles. The summed E-state index contributed by atoms with van der Waals surface area (Å²) in [5.74, 6) is 0.282. The Kier molecular flexibility index (Phi) is 2.19. The molecule has 0 saturated heterocycles. The van der Waals surface area contributed by atoms with E-state index in [9.17, 15) is 4.79 Å². The highest BCUT2D eigenvalue weighted by molar-refractivity contribution is 7.14. The average molecular weight is 247 g/mol. The first kappa shape index (κ1) is 10.0. The lowest BCUT2D eigenvalue weighted by Gasteiger charge is -2.14. The molecule has 2 aliphatic heterocycles. The molecule has 3 N–H and O–H groups in total. The van der Waals surface area contributed by atoms with E-state index in [0.29, 0.717) is 11.5 Å². The van der Waals surface area contributed by atoms with Crippen molar-refractivity contribution < 1.29 is 4.79 Å². The summed E-state index contributed by atoms with van der Waals surface area (Å²) < 4.78 is 0. The van der Waals surface area contributed by atoms with E-state index in [2.05, 4.69) is 15.5 Å². The van der Waals surface area contributed by atoms with Crippen molar-refractivity contribution in [3.63, 3.8) is 0 Å². The molecule has 2 aliphatic rings. The predicted octanol–water partition coefficient (Wildman–Crippen LogP) is 0.578. The van der Waals surface area contributed by atoms with Crippen LogP contribution in [-0.2, 0) is 4.79 Å². The summed E-state index contributed by atoms with van der Waals surface area (Å²) in [7, 11) is 0. The minimum atomic E-state index is -0.413. The van der Waals surface area contributed by atoms with Crippen molar-refractivity contribution in [2.24, 2.45) is 15.8 Å². The van der Waals surface area contributed by atoms with E-state index in [4.69, 9.17) is 5.73 Å². The summed E-state index contributed by atoms with van der Waals surface area (Å²) >= 11 is 1.59. The third-order valence-electron chi connectivity index (χ3n) is 2.45. The number of nitrogens with zero attached hydrogens (tertiary/aromatic N) is 3. The van der Waals surface area contributed by atoms with Gasteiger partial charge in [0.1, 0.15) is 11.3 Å². The monoisotopic (exact) mass is 247 g/mol. The fraction of sp³-hybridized carbons (Fsp3) is 0.100. The fourth-order valence-electron chi connectivity index (χ4n) is 1.73. The van der Waals surface area contributed by atoms with Crippen LogP contribution in [-0.4, -0.2) is 18.5 Å².